The fourth-order valence-corrected chi connectivity index (χ4v) is 1.71. The third-order valence-electron chi connectivity index (χ3n) is 2.63. The SMILES string of the molecule is COCCn1ncc(NC2CNC2)c(Cl)c1=O. The van der Waals surface area contributed by atoms with Crippen LogP contribution in [0.2, 0.25) is 5.02 Å². The summed E-state index contributed by atoms with van der Waals surface area (Å²) in [6, 6.07) is 0.323. The van der Waals surface area contributed by atoms with Crippen molar-refractivity contribution in [3.8, 4) is 0 Å². The van der Waals surface area contributed by atoms with Crippen molar-refractivity contribution in [2.24, 2.45) is 0 Å². The molecule has 2 heterocycles. The molecule has 1 fully saturated rings. The van der Waals surface area contributed by atoms with Gasteiger partial charge in [-0.15, -0.1) is 0 Å². The van der Waals surface area contributed by atoms with Crippen molar-refractivity contribution in [2.75, 3.05) is 32.1 Å². The van der Waals surface area contributed by atoms with Gasteiger partial charge in [0, 0.05) is 20.2 Å². The second-order valence-electron chi connectivity index (χ2n) is 3.89. The van der Waals surface area contributed by atoms with Crippen LogP contribution in [0, 0.1) is 0 Å². The summed E-state index contributed by atoms with van der Waals surface area (Å²) in [5, 5.41) is 10.5. The second-order valence-corrected chi connectivity index (χ2v) is 4.27. The van der Waals surface area contributed by atoms with Crippen LogP contribution in [0.15, 0.2) is 11.0 Å². The molecule has 1 aromatic heterocycles. The van der Waals surface area contributed by atoms with Crippen LogP contribution < -0.4 is 16.2 Å². The highest BCUT2D eigenvalue weighted by Crippen LogP contribution is 2.17. The summed E-state index contributed by atoms with van der Waals surface area (Å²) in [6.07, 6.45) is 1.58. The first kappa shape index (κ1) is 12.3. The van der Waals surface area contributed by atoms with Gasteiger partial charge < -0.3 is 15.4 Å². The molecular formula is C10H15ClN4O2. The molecule has 0 aliphatic carbocycles. The summed E-state index contributed by atoms with van der Waals surface area (Å²) in [5.41, 5.74) is 0.304. The van der Waals surface area contributed by atoms with E-state index in [4.69, 9.17) is 16.3 Å². The van der Waals surface area contributed by atoms with Gasteiger partial charge in [-0.2, -0.15) is 5.10 Å². The number of methoxy groups -OCH3 is 1. The first-order valence-corrected chi connectivity index (χ1v) is 5.82. The second kappa shape index (κ2) is 5.48. The van der Waals surface area contributed by atoms with Gasteiger partial charge in [0.1, 0.15) is 5.02 Å². The molecule has 2 rings (SSSR count). The summed E-state index contributed by atoms with van der Waals surface area (Å²) < 4.78 is 6.20. The summed E-state index contributed by atoms with van der Waals surface area (Å²) in [4.78, 5) is 11.8. The highest BCUT2D eigenvalue weighted by Gasteiger charge is 2.18. The molecule has 0 amide bonds. The van der Waals surface area contributed by atoms with E-state index in [1.54, 1.807) is 13.3 Å². The molecule has 1 aliphatic heterocycles. The monoisotopic (exact) mass is 258 g/mol. The Bertz CT molecular complexity index is 444. The lowest BCUT2D eigenvalue weighted by Gasteiger charge is -2.29. The third-order valence-corrected chi connectivity index (χ3v) is 3.00. The number of aromatic nitrogens is 2. The lowest BCUT2D eigenvalue weighted by Crippen LogP contribution is -2.51. The van der Waals surface area contributed by atoms with E-state index in [0.29, 0.717) is 24.9 Å². The molecule has 0 radical (unpaired) electrons. The highest BCUT2D eigenvalue weighted by molar-refractivity contribution is 6.32. The van der Waals surface area contributed by atoms with Gasteiger partial charge in [0.2, 0.25) is 0 Å². The zero-order valence-electron chi connectivity index (χ0n) is 9.57. The predicted molar refractivity (Wildman–Crippen MR) is 65.7 cm³/mol. The number of rotatable bonds is 5. The molecule has 0 saturated carbocycles. The van der Waals surface area contributed by atoms with Crippen molar-refractivity contribution in [1.82, 2.24) is 15.1 Å². The Morgan fingerprint density at radius 1 is 1.71 bits per heavy atom. The normalized spacial score (nSPS) is 15.6. The molecule has 0 atom stereocenters. The zero-order chi connectivity index (χ0) is 12.3. The lowest BCUT2D eigenvalue weighted by atomic mass is 10.2. The Hall–Kier alpha value is -1.11. The van der Waals surface area contributed by atoms with E-state index in [2.05, 4.69) is 15.7 Å². The lowest BCUT2D eigenvalue weighted by molar-refractivity contribution is 0.182. The maximum atomic E-state index is 11.8. The smallest absolute Gasteiger partial charge is 0.287 e. The summed E-state index contributed by atoms with van der Waals surface area (Å²) >= 11 is 6.01. The standard InChI is InChI=1S/C10H15ClN4O2/c1-17-3-2-15-10(16)9(11)8(6-13-15)14-7-4-12-5-7/h6-7,12,14H,2-5H2,1H3. The maximum Gasteiger partial charge on any atom is 0.287 e. The van der Waals surface area contributed by atoms with Gasteiger partial charge in [-0.3, -0.25) is 4.79 Å². The van der Waals surface area contributed by atoms with E-state index in [9.17, 15) is 4.79 Å². The molecule has 0 bridgehead atoms. The number of halogens is 1. The number of ether oxygens (including phenoxy) is 1. The molecule has 2 N–H and O–H groups in total. The Kier molecular flexibility index (Phi) is 3.98. The van der Waals surface area contributed by atoms with E-state index < -0.39 is 0 Å². The van der Waals surface area contributed by atoms with Crippen molar-refractivity contribution in [2.45, 2.75) is 12.6 Å². The van der Waals surface area contributed by atoms with Crippen LogP contribution in [0.4, 0.5) is 5.69 Å². The van der Waals surface area contributed by atoms with E-state index in [1.807, 2.05) is 0 Å². The predicted octanol–water partition coefficient (Wildman–Crippen LogP) is -0.0732. The topological polar surface area (TPSA) is 68.2 Å². The number of nitrogens with zero attached hydrogens (tertiary/aromatic N) is 2. The van der Waals surface area contributed by atoms with E-state index >= 15 is 0 Å². The van der Waals surface area contributed by atoms with E-state index in [-0.39, 0.29) is 10.6 Å². The van der Waals surface area contributed by atoms with Crippen LogP contribution in [0.3, 0.4) is 0 Å². The fraction of sp³-hybridized carbons (Fsp3) is 0.600. The molecule has 7 heteroatoms. The van der Waals surface area contributed by atoms with Crippen LogP contribution >= 0.6 is 11.6 Å². The third kappa shape index (κ3) is 2.77. The van der Waals surface area contributed by atoms with Gasteiger partial charge in [-0.05, 0) is 0 Å². The summed E-state index contributed by atoms with van der Waals surface area (Å²) in [5.74, 6) is 0. The van der Waals surface area contributed by atoms with Crippen molar-refractivity contribution >= 4 is 17.3 Å². The average molecular weight is 259 g/mol. The first-order chi connectivity index (χ1) is 8.22. The minimum absolute atomic E-state index is 0.183. The van der Waals surface area contributed by atoms with Gasteiger partial charge in [0.25, 0.3) is 5.56 Å². The molecule has 0 unspecified atom stereocenters. The molecule has 1 aromatic rings. The Morgan fingerprint density at radius 2 is 2.47 bits per heavy atom. The fourth-order valence-electron chi connectivity index (χ4n) is 1.51. The molecule has 1 saturated heterocycles. The number of anilines is 1. The molecule has 94 valence electrons. The zero-order valence-corrected chi connectivity index (χ0v) is 10.3. The van der Waals surface area contributed by atoms with Crippen LogP contribution in [0.1, 0.15) is 0 Å². The van der Waals surface area contributed by atoms with Crippen molar-refractivity contribution in [1.29, 1.82) is 0 Å². The van der Waals surface area contributed by atoms with Crippen molar-refractivity contribution in [3.63, 3.8) is 0 Å². The molecular weight excluding hydrogens is 244 g/mol. The maximum absolute atomic E-state index is 11.8. The first-order valence-electron chi connectivity index (χ1n) is 5.44. The molecule has 6 nitrogen and oxygen atoms in total. The van der Waals surface area contributed by atoms with E-state index in [1.165, 1.54) is 4.68 Å². The van der Waals surface area contributed by atoms with Crippen LogP contribution in [-0.4, -0.2) is 42.6 Å². The minimum Gasteiger partial charge on any atom is -0.383 e. The highest BCUT2D eigenvalue weighted by atomic mass is 35.5. The Morgan fingerprint density at radius 3 is 3.06 bits per heavy atom. The summed E-state index contributed by atoms with van der Waals surface area (Å²) in [7, 11) is 1.58. The van der Waals surface area contributed by atoms with Crippen LogP contribution in [0.25, 0.3) is 0 Å². The molecule has 0 aromatic carbocycles. The van der Waals surface area contributed by atoms with E-state index in [0.717, 1.165) is 13.1 Å². The van der Waals surface area contributed by atoms with Gasteiger partial charge >= 0.3 is 0 Å². The number of hydrogen-bond donors (Lipinski definition) is 2. The minimum atomic E-state index is -0.291. The van der Waals surface area contributed by atoms with Crippen LogP contribution in [-0.2, 0) is 11.3 Å². The van der Waals surface area contributed by atoms with Crippen LogP contribution in [0.5, 0.6) is 0 Å². The quantitative estimate of drug-likeness (QED) is 0.774. The molecule has 0 spiro atoms. The number of hydrogen-bond acceptors (Lipinski definition) is 5. The number of nitrogens with one attached hydrogen (secondary N) is 2. The molecule has 17 heavy (non-hydrogen) atoms. The summed E-state index contributed by atoms with van der Waals surface area (Å²) in [6.45, 7) is 2.59. The van der Waals surface area contributed by atoms with Gasteiger partial charge in [-0.1, -0.05) is 11.6 Å². The van der Waals surface area contributed by atoms with Crippen molar-refractivity contribution in [3.05, 3.63) is 21.6 Å². The van der Waals surface area contributed by atoms with Gasteiger partial charge in [0.05, 0.1) is 31.1 Å². The van der Waals surface area contributed by atoms with Crippen molar-refractivity contribution < 1.29 is 4.74 Å². The van der Waals surface area contributed by atoms with Gasteiger partial charge in [0.15, 0.2) is 0 Å². The largest absolute Gasteiger partial charge is 0.383 e. The molecule has 1 aliphatic rings. The Labute approximate surface area is 104 Å². The van der Waals surface area contributed by atoms with Gasteiger partial charge in [-0.25, -0.2) is 4.68 Å². The Balaban J connectivity index is 2.13. The average Bonchev–Trinajstić information content (AvgIpc) is 2.27.